The molecule has 1 aliphatic rings. The third-order valence-corrected chi connectivity index (χ3v) is 3.59. The van der Waals surface area contributed by atoms with Crippen LogP contribution in [0.5, 0.6) is 0 Å². The van der Waals surface area contributed by atoms with E-state index in [4.69, 9.17) is 5.73 Å². The molecule has 0 aromatic carbocycles. The van der Waals surface area contributed by atoms with Gasteiger partial charge < -0.3 is 10.6 Å². The maximum Gasteiger partial charge on any atom is 0.294 e. The molecule has 0 saturated carbocycles. The van der Waals surface area contributed by atoms with Crippen molar-refractivity contribution in [1.82, 2.24) is 20.1 Å². The molecule has 2 unspecified atom stereocenters. The highest BCUT2D eigenvalue weighted by Gasteiger charge is 2.33. The molecule has 0 radical (unpaired) electrons. The Morgan fingerprint density at radius 1 is 1.56 bits per heavy atom. The molecule has 6 nitrogen and oxygen atoms in total. The quantitative estimate of drug-likeness (QED) is 0.828. The van der Waals surface area contributed by atoms with Gasteiger partial charge in [-0.25, -0.2) is 4.98 Å². The SMILES string of the molecule is CCc1nc(C(=O)N2C(C)CCCC2CN)n[nH]1. The number of carbonyl (C=O) groups excluding carboxylic acids is 1. The summed E-state index contributed by atoms with van der Waals surface area (Å²) < 4.78 is 0. The number of hydrogen-bond donors (Lipinski definition) is 2. The zero-order valence-corrected chi connectivity index (χ0v) is 11.0. The van der Waals surface area contributed by atoms with Crippen molar-refractivity contribution in [3.8, 4) is 0 Å². The van der Waals surface area contributed by atoms with E-state index in [1.807, 2.05) is 11.8 Å². The van der Waals surface area contributed by atoms with Crippen molar-refractivity contribution in [2.75, 3.05) is 6.54 Å². The van der Waals surface area contributed by atoms with Crippen LogP contribution in [0.3, 0.4) is 0 Å². The molecular weight excluding hydrogens is 230 g/mol. The van der Waals surface area contributed by atoms with E-state index in [2.05, 4.69) is 22.1 Å². The van der Waals surface area contributed by atoms with Crippen molar-refractivity contribution in [3.63, 3.8) is 0 Å². The van der Waals surface area contributed by atoms with Crippen molar-refractivity contribution in [2.45, 2.75) is 51.6 Å². The lowest BCUT2D eigenvalue weighted by molar-refractivity contribution is 0.0482. The lowest BCUT2D eigenvalue weighted by Gasteiger charge is -2.39. The fourth-order valence-corrected chi connectivity index (χ4v) is 2.55. The van der Waals surface area contributed by atoms with Gasteiger partial charge in [0.05, 0.1) is 0 Å². The lowest BCUT2D eigenvalue weighted by atomic mass is 9.96. The second-order valence-corrected chi connectivity index (χ2v) is 4.84. The average Bonchev–Trinajstić information content (AvgIpc) is 2.86. The minimum absolute atomic E-state index is 0.103. The zero-order chi connectivity index (χ0) is 13.1. The van der Waals surface area contributed by atoms with Crippen LogP contribution in [0.15, 0.2) is 0 Å². The molecule has 18 heavy (non-hydrogen) atoms. The van der Waals surface area contributed by atoms with Crippen molar-refractivity contribution < 1.29 is 4.79 Å². The summed E-state index contributed by atoms with van der Waals surface area (Å²) in [7, 11) is 0. The first-order chi connectivity index (χ1) is 8.67. The van der Waals surface area contributed by atoms with Crippen LogP contribution in [0.2, 0.25) is 0 Å². The first kappa shape index (κ1) is 13.0. The summed E-state index contributed by atoms with van der Waals surface area (Å²) in [6.07, 6.45) is 3.86. The molecule has 0 aliphatic carbocycles. The second-order valence-electron chi connectivity index (χ2n) is 4.84. The highest BCUT2D eigenvalue weighted by Crippen LogP contribution is 2.23. The van der Waals surface area contributed by atoms with E-state index in [-0.39, 0.29) is 23.8 Å². The molecule has 2 rings (SSSR count). The molecule has 1 amide bonds. The smallest absolute Gasteiger partial charge is 0.294 e. The summed E-state index contributed by atoms with van der Waals surface area (Å²) in [5.41, 5.74) is 5.76. The molecular formula is C12H21N5O. The number of nitrogens with one attached hydrogen (secondary N) is 1. The number of rotatable bonds is 3. The number of H-pyrrole nitrogens is 1. The predicted octanol–water partition coefficient (Wildman–Crippen LogP) is 0.709. The molecule has 2 heterocycles. The summed E-state index contributed by atoms with van der Waals surface area (Å²) in [4.78, 5) is 18.5. The van der Waals surface area contributed by atoms with Crippen LogP contribution in [0.1, 0.15) is 49.6 Å². The Kier molecular flexibility index (Phi) is 3.96. The summed E-state index contributed by atoms with van der Waals surface area (Å²) in [6, 6.07) is 0.327. The van der Waals surface area contributed by atoms with Gasteiger partial charge in [0.25, 0.3) is 5.91 Å². The number of nitrogens with two attached hydrogens (primary N) is 1. The van der Waals surface area contributed by atoms with Gasteiger partial charge >= 0.3 is 0 Å². The van der Waals surface area contributed by atoms with Crippen molar-refractivity contribution >= 4 is 5.91 Å². The molecule has 0 spiro atoms. The van der Waals surface area contributed by atoms with E-state index in [1.54, 1.807) is 0 Å². The molecule has 1 aliphatic heterocycles. The Morgan fingerprint density at radius 3 is 2.94 bits per heavy atom. The predicted molar refractivity (Wildman–Crippen MR) is 68.1 cm³/mol. The number of piperidine rings is 1. The summed E-state index contributed by atoms with van der Waals surface area (Å²) >= 11 is 0. The van der Waals surface area contributed by atoms with Crippen LogP contribution in [0.4, 0.5) is 0 Å². The minimum Gasteiger partial charge on any atom is -0.329 e. The molecule has 1 aromatic heterocycles. The van der Waals surface area contributed by atoms with E-state index < -0.39 is 0 Å². The largest absolute Gasteiger partial charge is 0.329 e. The zero-order valence-electron chi connectivity index (χ0n) is 11.0. The molecule has 1 saturated heterocycles. The summed E-state index contributed by atoms with van der Waals surface area (Å²) in [5, 5.41) is 6.78. The number of hydrogen-bond acceptors (Lipinski definition) is 4. The molecule has 3 N–H and O–H groups in total. The van der Waals surface area contributed by atoms with Gasteiger partial charge in [0.2, 0.25) is 5.82 Å². The van der Waals surface area contributed by atoms with Crippen molar-refractivity contribution in [3.05, 3.63) is 11.6 Å². The van der Waals surface area contributed by atoms with Crippen LogP contribution in [-0.4, -0.2) is 44.6 Å². The Labute approximate surface area is 107 Å². The molecule has 1 fully saturated rings. The molecule has 2 atom stereocenters. The summed E-state index contributed by atoms with van der Waals surface area (Å²) in [5.74, 6) is 0.903. The van der Waals surface area contributed by atoms with Crippen molar-refractivity contribution in [1.29, 1.82) is 0 Å². The first-order valence-corrected chi connectivity index (χ1v) is 6.61. The highest BCUT2D eigenvalue weighted by atomic mass is 16.2. The fourth-order valence-electron chi connectivity index (χ4n) is 2.55. The van der Waals surface area contributed by atoms with Gasteiger partial charge in [0.15, 0.2) is 0 Å². The van der Waals surface area contributed by atoms with Crippen LogP contribution < -0.4 is 5.73 Å². The van der Waals surface area contributed by atoms with Gasteiger partial charge in [0, 0.05) is 25.0 Å². The fraction of sp³-hybridized carbons (Fsp3) is 0.750. The van der Waals surface area contributed by atoms with Crippen LogP contribution in [-0.2, 0) is 6.42 Å². The number of nitrogens with zero attached hydrogens (tertiary/aromatic N) is 3. The van der Waals surface area contributed by atoms with Gasteiger partial charge in [-0.2, -0.15) is 0 Å². The van der Waals surface area contributed by atoms with Gasteiger partial charge in [-0.3, -0.25) is 9.89 Å². The lowest BCUT2D eigenvalue weighted by Crippen LogP contribution is -2.52. The van der Waals surface area contributed by atoms with E-state index in [9.17, 15) is 4.79 Å². The number of aromatic amines is 1. The molecule has 6 heteroatoms. The molecule has 1 aromatic rings. The van der Waals surface area contributed by atoms with Gasteiger partial charge in [-0.05, 0) is 26.2 Å². The Bertz CT molecular complexity index is 416. The van der Waals surface area contributed by atoms with E-state index in [0.29, 0.717) is 6.54 Å². The van der Waals surface area contributed by atoms with Gasteiger partial charge in [-0.15, -0.1) is 5.10 Å². The maximum absolute atomic E-state index is 12.4. The van der Waals surface area contributed by atoms with E-state index in [1.165, 1.54) is 0 Å². The topological polar surface area (TPSA) is 87.9 Å². The van der Waals surface area contributed by atoms with Crippen molar-refractivity contribution in [2.24, 2.45) is 5.73 Å². The number of carbonyl (C=O) groups is 1. The second kappa shape index (κ2) is 5.48. The third kappa shape index (κ3) is 2.38. The standard InChI is InChI=1S/C12H21N5O/c1-3-10-14-11(16-15-10)12(18)17-8(2)5-4-6-9(17)7-13/h8-9H,3-7,13H2,1-2H3,(H,14,15,16). The van der Waals surface area contributed by atoms with E-state index in [0.717, 1.165) is 31.5 Å². The van der Waals surface area contributed by atoms with E-state index >= 15 is 0 Å². The van der Waals surface area contributed by atoms with Crippen LogP contribution in [0.25, 0.3) is 0 Å². The molecule has 100 valence electrons. The number of aromatic nitrogens is 3. The van der Waals surface area contributed by atoms with Gasteiger partial charge in [-0.1, -0.05) is 6.92 Å². The number of amides is 1. The van der Waals surface area contributed by atoms with Gasteiger partial charge in [0.1, 0.15) is 5.82 Å². The minimum atomic E-state index is -0.103. The van der Waals surface area contributed by atoms with Crippen LogP contribution >= 0.6 is 0 Å². The maximum atomic E-state index is 12.4. The normalized spacial score (nSPS) is 24.3. The third-order valence-electron chi connectivity index (χ3n) is 3.59. The highest BCUT2D eigenvalue weighted by molar-refractivity contribution is 5.91. The Morgan fingerprint density at radius 2 is 2.33 bits per heavy atom. The number of aryl methyl sites for hydroxylation is 1. The number of likely N-dealkylation sites (tertiary alicyclic amines) is 1. The first-order valence-electron chi connectivity index (χ1n) is 6.61. The average molecular weight is 251 g/mol. The molecule has 0 bridgehead atoms. The Balaban J connectivity index is 2.19. The summed E-state index contributed by atoms with van der Waals surface area (Å²) in [6.45, 7) is 4.54. The Hall–Kier alpha value is -1.43. The van der Waals surface area contributed by atoms with Crippen LogP contribution in [0, 0.1) is 0 Å². The monoisotopic (exact) mass is 251 g/mol.